The van der Waals surface area contributed by atoms with Gasteiger partial charge in [0.05, 0.1) is 8.95 Å². The molecule has 0 aliphatic rings. The Bertz CT molecular complexity index is 328. The molecule has 3 nitrogen and oxygen atoms in total. The molecule has 5 heteroatoms. The number of phenolic OH excluding ortho intramolecular Hbond substituents is 1. The smallest absolute Gasteiger partial charge is 0.144 e. The number of nitrogens with two attached hydrogens (primary N) is 1. The quantitative estimate of drug-likeness (QED) is 0.578. The van der Waals surface area contributed by atoms with E-state index in [1.54, 1.807) is 6.07 Å². The molecule has 0 saturated carbocycles. The molecule has 0 aliphatic heterocycles. The van der Waals surface area contributed by atoms with E-state index < -0.39 is 0 Å². The first-order chi connectivity index (χ1) is 6.07. The maximum absolute atomic E-state index is 9.51. The van der Waals surface area contributed by atoms with Crippen LogP contribution in [0.2, 0.25) is 0 Å². The van der Waals surface area contributed by atoms with Gasteiger partial charge >= 0.3 is 0 Å². The van der Waals surface area contributed by atoms with Gasteiger partial charge < -0.3 is 15.9 Å². The zero-order valence-corrected chi connectivity index (χ0v) is 9.89. The van der Waals surface area contributed by atoms with E-state index in [0.717, 1.165) is 5.56 Å². The van der Waals surface area contributed by atoms with Crippen LogP contribution in [0.1, 0.15) is 5.56 Å². The van der Waals surface area contributed by atoms with E-state index >= 15 is 0 Å². The number of phenols is 1. The van der Waals surface area contributed by atoms with Crippen molar-refractivity contribution >= 4 is 37.5 Å². The number of anilines is 1. The molecule has 0 amide bonds. The Labute approximate surface area is 92.8 Å². The normalized spacial score (nSPS) is 10.4. The van der Waals surface area contributed by atoms with Crippen molar-refractivity contribution in [2.75, 3.05) is 12.3 Å². The summed E-state index contributed by atoms with van der Waals surface area (Å²) in [6, 6.07) is 1.62. The standard InChI is InChI=1S/C8H9Br2NO2/c9-5-3-6(11)4(1-2-12)7(10)8(5)13/h3,12-13H,1-2,11H2. The molecule has 0 heterocycles. The summed E-state index contributed by atoms with van der Waals surface area (Å²) in [5.41, 5.74) is 6.97. The van der Waals surface area contributed by atoms with E-state index in [0.29, 0.717) is 21.1 Å². The van der Waals surface area contributed by atoms with E-state index in [9.17, 15) is 5.11 Å². The molecule has 0 saturated heterocycles. The third kappa shape index (κ3) is 2.15. The average molecular weight is 311 g/mol. The number of nitrogen functional groups attached to an aromatic ring is 1. The number of halogens is 2. The monoisotopic (exact) mass is 309 g/mol. The van der Waals surface area contributed by atoms with Gasteiger partial charge in [-0.1, -0.05) is 0 Å². The van der Waals surface area contributed by atoms with E-state index in [-0.39, 0.29) is 12.4 Å². The minimum absolute atomic E-state index is 0.00384. The number of hydrogen-bond donors (Lipinski definition) is 3. The highest BCUT2D eigenvalue weighted by Gasteiger charge is 2.12. The van der Waals surface area contributed by atoms with Crippen molar-refractivity contribution in [1.82, 2.24) is 0 Å². The fourth-order valence-corrected chi connectivity index (χ4v) is 2.38. The first-order valence-electron chi connectivity index (χ1n) is 3.64. The third-order valence-electron chi connectivity index (χ3n) is 1.69. The second-order valence-corrected chi connectivity index (χ2v) is 4.21. The molecule has 1 rings (SSSR count). The highest BCUT2D eigenvalue weighted by Crippen LogP contribution is 2.38. The zero-order valence-electron chi connectivity index (χ0n) is 6.72. The Balaban J connectivity index is 3.26. The molecule has 1 aromatic rings. The minimum Gasteiger partial charge on any atom is -0.506 e. The Morgan fingerprint density at radius 1 is 1.38 bits per heavy atom. The lowest BCUT2D eigenvalue weighted by molar-refractivity contribution is 0.299. The third-order valence-corrected chi connectivity index (χ3v) is 3.15. The molecule has 1 aromatic carbocycles. The number of aliphatic hydroxyl groups is 1. The molecule has 0 bridgehead atoms. The van der Waals surface area contributed by atoms with Crippen molar-refractivity contribution in [2.24, 2.45) is 0 Å². The summed E-state index contributed by atoms with van der Waals surface area (Å²) in [4.78, 5) is 0. The minimum atomic E-state index is 0.00384. The summed E-state index contributed by atoms with van der Waals surface area (Å²) in [5, 5.41) is 18.3. The van der Waals surface area contributed by atoms with Gasteiger partial charge in [-0.15, -0.1) is 0 Å². The lowest BCUT2D eigenvalue weighted by Crippen LogP contribution is -1.99. The molecule has 0 aliphatic carbocycles. The molecule has 0 atom stereocenters. The van der Waals surface area contributed by atoms with E-state index in [1.165, 1.54) is 0 Å². The number of aromatic hydroxyl groups is 1. The van der Waals surface area contributed by atoms with Gasteiger partial charge in [0.15, 0.2) is 0 Å². The largest absolute Gasteiger partial charge is 0.506 e. The lowest BCUT2D eigenvalue weighted by Gasteiger charge is -2.09. The van der Waals surface area contributed by atoms with Crippen LogP contribution in [-0.2, 0) is 6.42 Å². The van der Waals surface area contributed by atoms with E-state index in [1.807, 2.05) is 0 Å². The first-order valence-corrected chi connectivity index (χ1v) is 5.22. The van der Waals surface area contributed by atoms with Gasteiger partial charge in [-0.05, 0) is 49.9 Å². The predicted molar refractivity (Wildman–Crippen MR) is 58.7 cm³/mol. The fourth-order valence-electron chi connectivity index (χ4n) is 1.03. The van der Waals surface area contributed by atoms with Crippen molar-refractivity contribution in [3.05, 3.63) is 20.6 Å². The topological polar surface area (TPSA) is 66.5 Å². The van der Waals surface area contributed by atoms with Crippen LogP contribution in [0.5, 0.6) is 5.75 Å². The van der Waals surface area contributed by atoms with Crippen molar-refractivity contribution in [2.45, 2.75) is 6.42 Å². The lowest BCUT2D eigenvalue weighted by atomic mass is 10.1. The highest BCUT2D eigenvalue weighted by atomic mass is 79.9. The second kappa shape index (κ2) is 4.30. The predicted octanol–water partition coefficient (Wildman–Crippen LogP) is 2.03. The van der Waals surface area contributed by atoms with Crippen LogP contribution in [0.25, 0.3) is 0 Å². The van der Waals surface area contributed by atoms with E-state index in [2.05, 4.69) is 31.9 Å². The van der Waals surface area contributed by atoms with Gasteiger partial charge in [0.25, 0.3) is 0 Å². The molecule has 0 spiro atoms. The maximum Gasteiger partial charge on any atom is 0.144 e. The van der Waals surface area contributed by atoms with Crippen molar-refractivity contribution in [1.29, 1.82) is 0 Å². The zero-order chi connectivity index (χ0) is 10.0. The number of aliphatic hydroxyl groups excluding tert-OH is 1. The number of benzene rings is 1. The highest BCUT2D eigenvalue weighted by molar-refractivity contribution is 9.11. The van der Waals surface area contributed by atoms with Gasteiger partial charge in [-0.3, -0.25) is 0 Å². The van der Waals surface area contributed by atoms with Gasteiger partial charge in [0.1, 0.15) is 5.75 Å². The summed E-state index contributed by atoms with van der Waals surface area (Å²) in [6.07, 6.45) is 0.424. The molecule has 13 heavy (non-hydrogen) atoms. The van der Waals surface area contributed by atoms with Crippen molar-refractivity contribution < 1.29 is 10.2 Å². The Morgan fingerprint density at radius 3 is 2.54 bits per heavy atom. The summed E-state index contributed by atoms with van der Waals surface area (Å²) < 4.78 is 1.08. The Hall–Kier alpha value is -0.260. The fraction of sp³-hybridized carbons (Fsp3) is 0.250. The van der Waals surface area contributed by atoms with Gasteiger partial charge in [-0.25, -0.2) is 0 Å². The molecule has 0 fully saturated rings. The average Bonchev–Trinajstić information content (AvgIpc) is 2.09. The number of hydrogen-bond acceptors (Lipinski definition) is 3. The first kappa shape index (κ1) is 10.8. The summed E-state index contributed by atoms with van der Waals surface area (Å²) >= 11 is 6.37. The van der Waals surface area contributed by atoms with Crippen molar-refractivity contribution in [3.63, 3.8) is 0 Å². The van der Waals surface area contributed by atoms with Gasteiger partial charge in [0.2, 0.25) is 0 Å². The summed E-state index contributed by atoms with van der Waals surface area (Å²) in [6.45, 7) is 0.00384. The second-order valence-electron chi connectivity index (χ2n) is 2.56. The van der Waals surface area contributed by atoms with E-state index in [4.69, 9.17) is 10.8 Å². The molecule has 72 valence electrons. The maximum atomic E-state index is 9.51. The van der Waals surface area contributed by atoms with Crippen molar-refractivity contribution in [3.8, 4) is 5.75 Å². The molecule has 0 aromatic heterocycles. The molecular weight excluding hydrogens is 302 g/mol. The molecule has 0 radical (unpaired) electrons. The Morgan fingerprint density at radius 2 is 2.00 bits per heavy atom. The van der Waals surface area contributed by atoms with Gasteiger partial charge in [0, 0.05) is 12.3 Å². The van der Waals surface area contributed by atoms with Gasteiger partial charge in [-0.2, -0.15) is 0 Å². The molecule has 4 N–H and O–H groups in total. The summed E-state index contributed by atoms with van der Waals surface area (Å²) in [7, 11) is 0. The van der Waals surface area contributed by atoms with Crippen LogP contribution in [0.3, 0.4) is 0 Å². The Kier molecular flexibility index (Phi) is 3.58. The molecular formula is C8H9Br2NO2. The summed E-state index contributed by atoms with van der Waals surface area (Å²) in [5.74, 6) is 0.109. The van der Waals surface area contributed by atoms with Crippen LogP contribution in [0.15, 0.2) is 15.0 Å². The van der Waals surface area contributed by atoms with Crippen LogP contribution in [0, 0.1) is 0 Å². The van der Waals surface area contributed by atoms with Crippen LogP contribution < -0.4 is 5.73 Å². The van der Waals surface area contributed by atoms with Crippen LogP contribution in [0.4, 0.5) is 5.69 Å². The van der Waals surface area contributed by atoms with Crippen LogP contribution >= 0.6 is 31.9 Å². The molecule has 0 unspecified atom stereocenters. The SMILES string of the molecule is Nc1cc(Br)c(O)c(Br)c1CCO. The number of rotatable bonds is 2. The van der Waals surface area contributed by atoms with Crippen LogP contribution in [-0.4, -0.2) is 16.8 Å².